The molecule has 5 heteroatoms. The first kappa shape index (κ1) is 47.3. The lowest BCUT2D eigenvalue weighted by atomic mass is 9.70. The summed E-state index contributed by atoms with van der Waals surface area (Å²) in [6.45, 7) is 27.2. The molecule has 1 spiro atoms. The Kier molecular flexibility index (Phi) is 10.6. The van der Waals surface area contributed by atoms with Gasteiger partial charge in [-0.25, -0.2) is 9.97 Å². The van der Waals surface area contributed by atoms with Gasteiger partial charge in [0.1, 0.15) is 11.4 Å². The third kappa shape index (κ3) is 7.41. The molecule has 0 radical (unpaired) electrons. The minimum absolute atomic E-state index is 0.00263. The summed E-state index contributed by atoms with van der Waals surface area (Å²) < 4.78 is 7.26. The van der Waals surface area contributed by atoms with E-state index >= 15 is 0 Å². The molecule has 74 heavy (non-hydrogen) atoms. The van der Waals surface area contributed by atoms with E-state index in [1.807, 2.05) is 18.5 Å². The molecule has 0 bridgehead atoms. The van der Waals surface area contributed by atoms with Gasteiger partial charge in [-0.05, 0) is 156 Å². The van der Waals surface area contributed by atoms with Gasteiger partial charge in [0, 0.05) is 40.7 Å². The quantitative estimate of drug-likeness (QED) is 0.166. The predicted molar refractivity (Wildman–Crippen MR) is 310 cm³/mol. The van der Waals surface area contributed by atoms with Crippen molar-refractivity contribution in [2.45, 2.75) is 110 Å². The maximum Gasteiger partial charge on any atom is 0.227 e. The second-order valence-electron chi connectivity index (χ2n) is 24.8. The van der Waals surface area contributed by atoms with Gasteiger partial charge in [0.05, 0.1) is 21.9 Å². The van der Waals surface area contributed by atoms with E-state index in [-0.39, 0.29) is 21.7 Å². The molecule has 0 aliphatic heterocycles. The fourth-order valence-corrected chi connectivity index (χ4v) is 11.8. The number of rotatable bonds is 6. The highest BCUT2D eigenvalue weighted by atomic mass is 16.3. The van der Waals surface area contributed by atoms with Crippen LogP contribution in [0.25, 0.3) is 44.3 Å². The molecule has 0 amide bonds. The first-order valence-corrected chi connectivity index (χ1v) is 26.3. The molecule has 2 aliphatic rings. The molecule has 0 saturated heterocycles. The van der Waals surface area contributed by atoms with Crippen molar-refractivity contribution < 1.29 is 4.42 Å². The van der Waals surface area contributed by atoms with Crippen molar-refractivity contribution >= 4 is 56.3 Å². The summed E-state index contributed by atoms with van der Waals surface area (Å²) in [5.74, 6) is 0.858. The smallest absolute Gasteiger partial charge is 0.227 e. The first-order valence-electron chi connectivity index (χ1n) is 26.3. The molecule has 0 N–H and O–H groups in total. The van der Waals surface area contributed by atoms with Crippen LogP contribution < -0.4 is 9.80 Å². The molecule has 10 aromatic rings. The third-order valence-electron chi connectivity index (χ3n) is 15.8. The number of fused-ring (bicyclic) bond motifs is 14. The van der Waals surface area contributed by atoms with Crippen LogP contribution in [-0.2, 0) is 27.1 Å². The van der Waals surface area contributed by atoms with Crippen molar-refractivity contribution in [1.82, 2.24) is 9.97 Å². The van der Waals surface area contributed by atoms with Crippen LogP contribution in [0.15, 0.2) is 187 Å². The van der Waals surface area contributed by atoms with Crippen molar-refractivity contribution in [3.63, 3.8) is 0 Å². The van der Waals surface area contributed by atoms with E-state index < -0.39 is 5.41 Å². The number of anilines is 6. The monoisotopic (exact) mass is 967 g/mol. The van der Waals surface area contributed by atoms with Crippen LogP contribution in [-0.4, -0.2) is 9.97 Å². The van der Waals surface area contributed by atoms with E-state index in [0.29, 0.717) is 5.71 Å². The third-order valence-corrected chi connectivity index (χ3v) is 15.8. The molecular formula is C69H66N4O. The average molecular weight is 967 g/mol. The number of hydrogen-bond donors (Lipinski definition) is 0. The van der Waals surface area contributed by atoms with Crippen LogP contribution in [0.4, 0.5) is 34.3 Å². The molecule has 0 saturated carbocycles. The number of benzene rings is 7. The Labute approximate surface area is 437 Å². The van der Waals surface area contributed by atoms with Gasteiger partial charge < -0.3 is 9.32 Å². The predicted octanol–water partition coefficient (Wildman–Crippen LogP) is 18.8. The summed E-state index contributed by atoms with van der Waals surface area (Å²) >= 11 is 0. The van der Waals surface area contributed by atoms with Crippen LogP contribution in [0.3, 0.4) is 0 Å². The zero-order valence-electron chi connectivity index (χ0n) is 45.0. The maximum absolute atomic E-state index is 7.26. The van der Waals surface area contributed by atoms with Gasteiger partial charge in [-0.15, -0.1) is 0 Å². The second kappa shape index (κ2) is 16.6. The number of furan rings is 1. The second-order valence-corrected chi connectivity index (χ2v) is 24.8. The summed E-state index contributed by atoms with van der Waals surface area (Å²) in [6, 6.07) is 63.7. The maximum atomic E-state index is 7.26. The topological polar surface area (TPSA) is 45.4 Å². The van der Waals surface area contributed by atoms with E-state index in [0.717, 1.165) is 61.7 Å². The van der Waals surface area contributed by atoms with Gasteiger partial charge >= 0.3 is 0 Å². The molecular weight excluding hydrogens is 901 g/mol. The van der Waals surface area contributed by atoms with Gasteiger partial charge in [0.25, 0.3) is 0 Å². The van der Waals surface area contributed by atoms with Gasteiger partial charge in [-0.2, -0.15) is 0 Å². The summed E-state index contributed by atoms with van der Waals surface area (Å²) in [7, 11) is 0. The lowest BCUT2D eigenvalue weighted by Gasteiger charge is -2.33. The van der Waals surface area contributed by atoms with Gasteiger partial charge in [-0.3, -0.25) is 4.90 Å². The van der Waals surface area contributed by atoms with Crippen molar-refractivity contribution in [2.75, 3.05) is 9.80 Å². The Balaban J connectivity index is 1.18. The zero-order chi connectivity index (χ0) is 51.7. The molecule has 3 heterocycles. The zero-order valence-corrected chi connectivity index (χ0v) is 45.0. The Morgan fingerprint density at radius 1 is 0.405 bits per heavy atom. The fraction of sp³-hybridized carbons (Fsp3) is 0.246. The summed E-state index contributed by atoms with van der Waals surface area (Å²) in [5.41, 5.74) is 20.5. The molecule has 2 aliphatic carbocycles. The lowest BCUT2D eigenvalue weighted by Crippen LogP contribution is -2.26. The normalized spacial score (nSPS) is 13.8. The number of hydrogen-bond acceptors (Lipinski definition) is 5. The molecule has 7 aromatic carbocycles. The minimum atomic E-state index is -0.730. The van der Waals surface area contributed by atoms with Crippen molar-refractivity contribution in [3.05, 3.63) is 227 Å². The molecule has 12 rings (SSSR count). The average Bonchev–Trinajstić information content (AvgIpc) is 4.10. The standard InChI is InChI=1S/C69H66N4O/c1-65(2,3)43-23-30-47(31-24-43)72(48-32-25-44(26-33-48)66(4,5)6)59-41-58-61(63-62(59)54-20-17-39-70-64(54)74-63)53-37-36-50(40-57(53)69(58)55-21-15-13-18-51(55)52-19-14-16-22-56(52)69)73(49-34-27-45(28-35-49)67(7,8)9)60-38-29-46(42-71-60)68(10,11)12/h13-42H,1-12H3. The largest absolute Gasteiger partial charge is 0.437 e. The lowest BCUT2D eigenvalue weighted by molar-refractivity contribution is 0.587. The molecule has 3 aromatic heterocycles. The molecule has 0 unspecified atom stereocenters. The van der Waals surface area contributed by atoms with Crippen LogP contribution in [0.2, 0.25) is 0 Å². The van der Waals surface area contributed by atoms with Crippen LogP contribution >= 0.6 is 0 Å². The van der Waals surface area contributed by atoms with E-state index in [2.05, 4.69) is 257 Å². The molecule has 5 nitrogen and oxygen atoms in total. The molecule has 0 fully saturated rings. The number of nitrogens with zero attached hydrogens (tertiary/aromatic N) is 4. The highest BCUT2D eigenvalue weighted by molar-refractivity contribution is 6.19. The van der Waals surface area contributed by atoms with Crippen LogP contribution in [0.5, 0.6) is 0 Å². The van der Waals surface area contributed by atoms with E-state index in [9.17, 15) is 0 Å². The molecule has 0 atom stereocenters. The summed E-state index contributed by atoms with van der Waals surface area (Å²) in [6.07, 6.45) is 3.89. The van der Waals surface area contributed by atoms with Gasteiger partial charge in [0.15, 0.2) is 0 Å². The fourth-order valence-electron chi connectivity index (χ4n) is 11.8. The first-order chi connectivity index (χ1) is 35.2. The van der Waals surface area contributed by atoms with Crippen LogP contribution in [0, 0.1) is 0 Å². The summed E-state index contributed by atoms with van der Waals surface area (Å²) in [5, 5.41) is 2.01. The van der Waals surface area contributed by atoms with E-state index in [1.165, 1.54) is 55.6 Å². The van der Waals surface area contributed by atoms with Crippen molar-refractivity contribution in [2.24, 2.45) is 0 Å². The van der Waals surface area contributed by atoms with E-state index in [1.54, 1.807) is 0 Å². The van der Waals surface area contributed by atoms with Crippen molar-refractivity contribution in [3.8, 4) is 22.3 Å². The minimum Gasteiger partial charge on any atom is -0.437 e. The number of pyridine rings is 2. The Hall–Kier alpha value is -7.76. The highest BCUT2D eigenvalue weighted by Crippen LogP contribution is 2.66. The Morgan fingerprint density at radius 2 is 0.892 bits per heavy atom. The SMILES string of the molecule is CC(C)(C)c1ccc(N(c2ccc3c(c2)C2(c4ccccc4-c4ccccc42)c2cc(N(c4ccc(C(C)(C)C)cc4)c4ccc(C(C)(C)C)cc4)c4c(oc5ncccc54)c2-3)c2ccc(C(C)(C)C)cn2)cc1. The van der Waals surface area contributed by atoms with Crippen LogP contribution in [0.1, 0.15) is 128 Å². The van der Waals surface area contributed by atoms with Gasteiger partial charge in [-0.1, -0.05) is 180 Å². The number of aromatic nitrogens is 2. The van der Waals surface area contributed by atoms with Gasteiger partial charge in [0.2, 0.25) is 5.71 Å². The van der Waals surface area contributed by atoms with Crippen molar-refractivity contribution in [1.29, 1.82) is 0 Å². The van der Waals surface area contributed by atoms with E-state index in [4.69, 9.17) is 14.4 Å². The summed E-state index contributed by atoms with van der Waals surface area (Å²) in [4.78, 5) is 15.0. The molecule has 368 valence electrons. The Morgan fingerprint density at radius 3 is 1.39 bits per heavy atom. The highest BCUT2D eigenvalue weighted by Gasteiger charge is 2.53. The Bertz CT molecular complexity index is 3640.